The van der Waals surface area contributed by atoms with Crippen LogP contribution < -0.4 is 20.1 Å². The fourth-order valence-electron chi connectivity index (χ4n) is 3.68. The predicted octanol–water partition coefficient (Wildman–Crippen LogP) is 3.04. The van der Waals surface area contributed by atoms with Gasteiger partial charge in [-0.1, -0.05) is 6.92 Å². The number of likely N-dealkylation sites (N-methyl/N-ethyl adjacent to an activating group) is 1. The lowest BCUT2D eigenvalue weighted by Gasteiger charge is -2.30. The summed E-state index contributed by atoms with van der Waals surface area (Å²) in [7, 11) is 4.98. The van der Waals surface area contributed by atoms with Crippen LogP contribution in [0.1, 0.15) is 34.6 Å². The smallest absolute Gasteiger partial charge is 0.257 e. The number of benzene rings is 2. The van der Waals surface area contributed by atoms with E-state index in [1.807, 2.05) is 6.92 Å². The zero-order valence-electron chi connectivity index (χ0n) is 19.9. The van der Waals surface area contributed by atoms with Crippen molar-refractivity contribution in [3.63, 3.8) is 0 Å². The average Bonchev–Trinajstić information content (AvgIpc) is 2.83. The van der Waals surface area contributed by atoms with Gasteiger partial charge in [0.1, 0.15) is 18.1 Å². The second-order valence-electron chi connectivity index (χ2n) is 8.45. The van der Waals surface area contributed by atoms with Crippen LogP contribution in [-0.2, 0) is 4.74 Å². The summed E-state index contributed by atoms with van der Waals surface area (Å²) in [6.45, 7) is 5.74. The Balaban J connectivity index is 1.86. The third-order valence-corrected chi connectivity index (χ3v) is 5.84. The number of carbonyl (C=O) groups excluding carboxylic acids is 2. The molecule has 1 aliphatic heterocycles. The standard InChI is InChI=1S/C25H33N3O5/c1-16-13-26-17(2)15-33-22-11-8-19(12-21(22)25(30)28(3)14-23(16)32-5)27-24(29)18-6-9-20(31-4)10-7-18/h6-12,16-17,23,26H,13-15H2,1-5H3,(H,27,29)/t16-,17-,23+/m0/s1. The van der Waals surface area contributed by atoms with Crippen molar-refractivity contribution in [2.24, 2.45) is 5.92 Å². The van der Waals surface area contributed by atoms with E-state index in [1.165, 1.54) is 0 Å². The van der Waals surface area contributed by atoms with Gasteiger partial charge in [0.25, 0.3) is 11.8 Å². The first-order valence-corrected chi connectivity index (χ1v) is 11.1. The minimum atomic E-state index is -0.279. The maximum Gasteiger partial charge on any atom is 0.257 e. The topological polar surface area (TPSA) is 89.1 Å². The summed E-state index contributed by atoms with van der Waals surface area (Å²) in [5.41, 5.74) is 1.38. The summed E-state index contributed by atoms with van der Waals surface area (Å²) in [6, 6.07) is 12.0. The van der Waals surface area contributed by atoms with Crippen molar-refractivity contribution in [2.75, 3.05) is 46.3 Å². The number of methoxy groups -OCH3 is 2. The van der Waals surface area contributed by atoms with Gasteiger partial charge in [0.2, 0.25) is 0 Å². The third kappa shape index (κ3) is 6.24. The number of anilines is 1. The molecule has 33 heavy (non-hydrogen) atoms. The molecule has 0 fully saturated rings. The van der Waals surface area contributed by atoms with Crippen LogP contribution in [0.5, 0.6) is 11.5 Å². The number of rotatable bonds is 4. The Morgan fingerprint density at radius 2 is 1.88 bits per heavy atom. The summed E-state index contributed by atoms with van der Waals surface area (Å²) in [5, 5.41) is 6.32. The molecule has 0 spiro atoms. The first kappa shape index (κ1) is 24.5. The largest absolute Gasteiger partial charge is 0.497 e. The highest BCUT2D eigenvalue weighted by Crippen LogP contribution is 2.26. The predicted molar refractivity (Wildman–Crippen MR) is 127 cm³/mol. The number of fused-ring (bicyclic) bond motifs is 1. The first-order chi connectivity index (χ1) is 15.8. The average molecular weight is 456 g/mol. The van der Waals surface area contributed by atoms with Crippen molar-refractivity contribution < 1.29 is 23.8 Å². The van der Waals surface area contributed by atoms with Crippen molar-refractivity contribution >= 4 is 17.5 Å². The molecule has 2 amide bonds. The van der Waals surface area contributed by atoms with Crippen LogP contribution in [-0.4, -0.2) is 69.8 Å². The van der Waals surface area contributed by atoms with Crippen LogP contribution in [0.15, 0.2) is 42.5 Å². The van der Waals surface area contributed by atoms with Crippen LogP contribution >= 0.6 is 0 Å². The van der Waals surface area contributed by atoms with E-state index in [0.29, 0.717) is 41.5 Å². The Bertz CT molecular complexity index is 963. The third-order valence-electron chi connectivity index (χ3n) is 5.84. The minimum absolute atomic E-state index is 0.0968. The van der Waals surface area contributed by atoms with E-state index in [0.717, 1.165) is 6.54 Å². The van der Waals surface area contributed by atoms with E-state index in [1.54, 1.807) is 68.6 Å². The minimum Gasteiger partial charge on any atom is -0.497 e. The number of hydrogen-bond acceptors (Lipinski definition) is 6. The molecule has 3 atom stereocenters. The Morgan fingerprint density at radius 3 is 2.55 bits per heavy atom. The zero-order valence-corrected chi connectivity index (χ0v) is 19.9. The molecule has 3 rings (SSSR count). The molecule has 0 radical (unpaired) electrons. The van der Waals surface area contributed by atoms with Gasteiger partial charge in [-0.3, -0.25) is 9.59 Å². The fraction of sp³-hybridized carbons (Fsp3) is 0.440. The molecule has 0 unspecified atom stereocenters. The van der Waals surface area contributed by atoms with Gasteiger partial charge in [0, 0.05) is 44.5 Å². The van der Waals surface area contributed by atoms with Gasteiger partial charge >= 0.3 is 0 Å². The highest BCUT2D eigenvalue weighted by Gasteiger charge is 2.25. The molecule has 1 heterocycles. The molecule has 0 saturated carbocycles. The van der Waals surface area contributed by atoms with Crippen molar-refractivity contribution in [3.8, 4) is 11.5 Å². The molecule has 0 bridgehead atoms. The monoisotopic (exact) mass is 455 g/mol. The van der Waals surface area contributed by atoms with Crippen LogP contribution in [0.3, 0.4) is 0 Å². The highest BCUT2D eigenvalue weighted by molar-refractivity contribution is 6.05. The van der Waals surface area contributed by atoms with Crippen LogP contribution in [0.25, 0.3) is 0 Å². The zero-order chi connectivity index (χ0) is 24.0. The molecule has 178 valence electrons. The molecule has 8 heteroatoms. The van der Waals surface area contributed by atoms with Gasteiger partial charge in [-0.05, 0) is 55.3 Å². The second-order valence-corrected chi connectivity index (χ2v) is 8.45. The fourth-order valence-corrected chi connectivity index (χ4v) is 3.68. The summed E-state index contributed by atoms with van der Waals surface area (Å²) >= 11 is 0. The molecule has 0 aromatic heterocycles. The van der Waals surface area contributed by atoms with E-state index in [-0.39, 0.29) is 29.9 Å². The number of hydrogen-bond donors (Lipinski definition) is 2. The van der Waals surface area contributed by atoms with Gasteiger partial charge in [0.15, 0.2) is 0 Å². The summed E-state index contributed by atoms with van der Waals surface area (Å²) in [4.78, 5) is 27.7. The van der Waals surface area contributed by atoms with Gasteiger partial charge in [-0.25, -0.2) is 0 Å². The molecular formula is C25H33N3O5. The van der Waals surface area contributed by atoms with Gasteiger partial charge in [-0.2, -0.15) is 0 Å². The summed E-state index contributed by atoms with van der Waals surface area (Å²) in [6.07, 6.45) is -0.111. The summed E-state index contributed by atoms with van der Waals surface area (Å²) in [5.74, 6) is 0.885. The first-order valence-electron chi connectivity index (χ1n) is 11.1. The van der Waals surface area contributed by atoms with Gasteiger partial charge in [-0.15, -0.1) is 0 Å². The maximum absolute atomic E-state index is 13.3. The number of nitrogens with one attached hydrogen (secondary N) is 2. The Labute approximate surface area is 195 Å². The van der Waals surface area contributed by atoms with E-state index in [9.17, 15) is 9.59 Å². The summed E-state index contributed by atoms with van der Waals surface area (Å²) < 4.78 is 16.8. The lowest BCUT2D eigenvalue weighted by Crippen LogP contribution is -2.44. The number of nitrogens with zero attached hydrogens (tertiary/aromatic N) is 1. The number of carbonyl (C=O) groups is 2. The van der Waals surface area contributed by atoms with Crippen LogP contribution in [0.4, 0.5) is 5.69 Å². The molecule has 0 saturated heterocycles. The van der Waals surface area contributed by atoms with E-state index < -0.39 is 0 Å². The molecule has 8 nitrogen and oxygen atoms in total. The van der Waals surface area contributed by atoms with Crippen LogP contribution in [0.2, 0.25) is 0 Å². The van der Waals surface area contributed by atoms with Crippen molar-refractivity contribution in [1.82, 2.24) is 10.2 Å². The maximum atomic E-state index is 13.3. The quantitative estimate of drug-likeness (QED) is 0.737. The van der Waals surface area contributed by atoms with Crippen molar-refractivity contribution in [3.05, 3.63) is 53.6 Å². The second kappa shape index (κ2) is 11.2. The SMILES string of the molecule is COc1ccc(C(=O)Nc2ccc3c(c2)C(=O)N(C)C[C@@H](OC)[C@@H](C)CN[C@@H](C)CO3)cc1. The van der Waals surface area contributed by atoms with Crippen molar-refractivity contribution in [2.45, 2.75) is 26.0 Å². The van der Waals surface area contributed by atoms with Crippen LogP contribution in [0, 0.1) is 5.92 Å². The van der Waals surface area contributed by atoms with Gasteiger partial charge < -0.3 is 29.7 Å². The Kier molecular flexibility index (Phi) is 8.30. The lowest BCUT2D eigenvalue weighted by molar-refractivity contribution is 0.0281. The Morgan fingerprint density at radius 1 is 1.15 bits per heavy atom. The molecule has 2 N–H and O–H groups in total. The normalized spacial score (nSPS) is 21.8. The van der Waals surface area contributed by atoms with Crippen molar-refractivity contribution in [1.29, 1.82) is 0 Å². The molecule has 2 aromatic carbocycles. The number of amides is 2. The molecule has 0 aliphatic carbocycles. The molecule has 1 aliphatic rings. The van der Waals surface area contributed by atoms with E-state index in [4.69, 9.17) is 14.2 Å². The highest BCUT2D eigenvalue weighted by atomic mass is 16.5. The number of ether oxygens (including phenoxy) is 3. The van der Waals surface area contributed by atoms with E-state index >= 15 is 0 Å². The van der Waals surface area contributed by atoms with E-state index in [2.05, 4.69) is 17.6 Å². The van der Waals surface area contributed by atoms with Gasteiger partial charge in [0.05, 0.1) is 18.8 Å². The molecular weight excluding hydrogens is 422 g/mol. The Hall–Kier alpha value is -3.10. The lowest BCUT2D eigenvalue weighted by atomic mass is 10.0. The molecule has 2 aromatic rings.